The number of phenols is 1. The number of aromatic nitrogens is 2. The number of nitrogens with one attached hydrogen (secondary N) is 2. The van der Waals surface area contributed by atoms with Gasteiger partial charge in [-0.1, -0.05) is 12.1 Å². The summed E-state index contributed by atoms with van der Waals surface area (Å²) in [5, 5.41) is 16.5. The van der Waals surface area contributed by atoms with Crippen molar-refractivity contribution >= 4 is 17.7 Å². The number of nitrogens with zero attached hydrogens (tertiary/aromatic N) is 5. The molecule has 0 aliphatic carbocycles. The third-order valence-corrected chi connectivity index (χ3v) is 9.49. The lowest BCUT2D eigenvalue weighted by molar-refractivity contribution is 0.112. The molecular formula is C35H44FN9O3. The summed E-state index contributed by atoms with van der Waals surface area (Å²) >= 11 is 0. The largest absolute Gasteiger partial charge is 0.504 e. The van der Waals surface area contributed by atoms with E-state index in [2.05, 4.69) is 31.4 Å². The molecule has 0 bridgehead atoms. The summed E-state index contributed by atoms with van der Waals surface area (Å²) in [4.78, 5) is 28.0. The smallest absolute Gasteiger partial charge is 0.317 e. The van der Waals surface area contributed by atoms with Crippen molar-refractivity contribution < 1.29 is 19.0 Å². The molecule has 2 fully saturated rings. The minimum absolute atomic E-state index is 0.0962. The molecule has 1 aromatic heterocycles. The van der Waals surface area contributed by atoms with Gasteiger partial charge in [0.05, 0.1) is 18.3 Å². The van der Waals surface area contributed by atoms with Gasteiger partial charge < -0.3 is 41.7 Å². The van der Waals surface area contributed by atoms with Gasteiger partial charge >= 0.3 is 6.01 Å². The number of nitrogens with two attached hydrogens (primary N) is 2. The lowest BCUT2D eigenvalue weighted by Crippen LogP contribution is -2.46. The number of rotatable bonds is 10. The lowest BCUT2D eigenvalue weighted by atomic mass is 10.1. The Kier molecular flexibility index (Phi) is 9.69. The summed E-state index contributed by atoms with van der Waals surface area (Å²) in [7, 11) is 1.88. The number of ether oxygens (including phenoxy) is 1. The number of benzene rings is 2. The average molecular weight is 658 g/mol. The van der Waals surface area contributed by atoms with Gasteiger partial charge in [-0.25, -0.2) is 14.4 Å². The molecule has 0 radical (unpaired) electrons. The van der Waals surface area contributed by atoms with Crippen LogP contribution in [0.2, 0.25) is 0 Å². The maximum atomic E-state index is 14.0. The van der Waals surface area contributed by atoms with Crippen molar-refractivity contribution in [2.24, 2.45) is 11.5 Å². The molecule has 2 atom stereocenters. The summed E-state index contributed by atoms with van der Waals surface area (Å²) in [6, 6.07) is 10.8. The first-order chi connectivity index (χ1) is 23.1. The molecule has 3 aromatic rings. The zero-order chi connectivity index (χ0) is 33.9. The van der Waals surface area contributed by atoms with E-state index in [9.17, 15) is 14.3 Å². The van der Waals surface area contributed by atoms with Gasteiger partial charge in [0, 0.05) is 91.7 Å². The summed E-state index contributed by atoms with van der Waals surface area (Å²) in [6.45, 7) is 10.1. The molecule has 2 aromatic carbocycles. The monoisotopic (exact) mass is 657 g/mol. The molecule has 3 aliphatic heterocycles. The fraction of sp³-hybridized carbons (Fsp3) is 0.400. The van der Waals surface area contributed by atoms with Crippen LogP contribution in [0.1, 0.15) is 44.9 Å². The van der Waals surface area contributed by atoms with E-state index in [4.69, 9.17) is 26.2 Å². The topological polar surface area (TPSA) is 158 Å². The van der Waals surface area contributed by atoms with Gasteiger partial charge in [0.2, 0.25) is 0 Å². The second-order valence-electron chi connectivity index (χ2n) is 12.6. The second-order valence-corrected chi connectivity index (χ2v) is 12.6. The molecule has 0 saturated carbocycles. The van der Waals surface area contributed by atoms with Crippen LogP contribution in [0.3, 0.4) is 0 Å². The zero-order valence-corrected chi connectivity index (χ0v) is 27.7. The van der Waals surface area contributed by atoms with Crippen molar-refractivity contribution in [1.29, 1.82) is 0 Å². The third-order valence-electron chi connectivity index (χ3n) is 9.49. The van der Waals surface area contributed by atoms with Crippen molar-refractivity contribution in [1.82, 2.24) is 30.4 Å². The molecule has 0 spiro atoms. The van der Waals surface area contributed by atoms with Gasteiger partial charge in [-0.3, -0.25) is 9.69 Å². The Bertz CT molecular complexity index is 1720. The molecule has 48 heavy (non-hydrogen) atoms. The number of aryl methyl sites for hydroxylation is 2. The first-order valence-corrected chi connectivity index (χ1v) is 16.3. The van der Waals surface area contributed by atoms with Crippen LogP contribution >= 0.6 is 0 Å². The molecular weight excluding hydrogens is 613 g/mol. The van der Waals surface area contributed by atoms with E-state index in [1.54, 1.807) is 12.1 Å². The Morgan fingerprint density at radius 3 is 2.62 bits per heavy atom. The van der Waals surface area contributed by atoms with Crippen molar-refractivity contribution in [3.8, 4) is 11.8 Å². The number of hydrogen-bond acceptors (Lipinski definition) is 12. The number of aromatic hydroxyl groups is 1. The van der Waals surface area contributed by atoms with E-state index < -0.39 is 11.6 Å². The number of phenolic OH excluding ortho intramolecular Hbond substituents is 1. The highest BCUT2D eigenvalue weighted by molar-refractivity contribution is 5.79. The van der Waals surface area contributed by atoms with Crippen LogP contribution in [0.15, 0.2) is 54.0 Å². The van der Waals surface area contributed by atoms with Gasteiger partial charge in [-0.05, 0) is 56.8 Å². The summed E-state index contributed by atoms with van der Waals surface area (Å²) in [5.41, 5.74) is 19.4. The third kappa shape index (κ3) is 6.87. The number of anilines is 1. The number of piperazine rings is 1. The van der Waals surface area contributed by atoms with E-state index >= 15 is 0 Å². The predicted octanol–water partition coefficient (Wildman–Crippen LogP) is 2.34. The van der Waals surface area contributed by atoms with Crippen LogP contribution in [0.25, 0.3) is 5.70 Å². The number of carbonyl (C=O) groups is 1. The highest BCUT2D eigenvalue weighted by Gasteiger charge is 2.38. The van der Waals surface area contributed by atoms with Gasteiger partial charge in [0.1, 0.15) is 18.2 Å². The van der Waals surface area contributed by atoms with Crippen LogP contribution in [-0.4, -0.2) is 89.6 Å². The zero-order valence-electron chi connectivity index (χ0n) is 27.7. The predicted molar refractivity (Wildman–Crippen MR) is 183 cm³/mol. The average Bonchev–Trinajstić information content (AvgIpc) is 3.48. The summed E-state index contributed by atoms with van der Waals surface area (Å²) in [5.74, 6) is -0.786. The Balaban J connectivity index is 1.08. The number of aldehydes is 1. The van der Waals surface area contributed by atoms with E-state index in [-0.39, 0.29) is 23.4 Å². The first-order valence-electron chi connectivity index (χ1n) is 16.3. The molecule has 254 valence electrons. The number of allylic oxidation sites excluding steroid dienone is 1. The van der Waals surface area contributed by atoms with Gasteiger partial charge in [-0.2, -0.15) is 0 Å². The highest BCUT2D eigenvalue weighted by Crippen LogP contribution is 2.32. The van der Waals surface area contributed by atoms with Crippen LogP contribution in [0.4, 0.5) is 10.1 Å². The Morgan fingerprint density at radius 1 is 1.17 bits per heavy atom. The Morgan fingerprint density at radius 2 is 1.92 bits per heavy atom. The minimum Gasteiger partial charge on any atom is -0.504 e. The minimum atomic E-state index is -0.739. The van der Waals surface area contributed by atoms with E-state index in [0.29, 0.717) is 37.2 Å². The molecule has 4 heterocycles. The van der Waals surface area contributed by atoms with Crippen LogP contribution < -0.4 is 31.7 Å². The SMILES string of the molecule is CNCc1ccc(N2CCN(Cc3c(C)nc(OC4CC5CNC(N)=C(/C=C(\N)c6cccc(F)c6O)N5C4)nc3C)CC2)cc1C=O. The maximum absolute atomic E-state index is 14.0. The molecule has 7 N–H and O–H groups in total. The Labute approximate surface area is 280 Å². The lowest BCUT2D eigenvalue weighted by Gasteiger charge is -2.36. The molecule has 12 nitrogen and oxygen atoms in total. The summed E-state index contributed by atoms with van der Waals surface area (Å²) in [6.07, 6.45) is 3.14. The first kappa shape index (κ1) is 33.0. The van der Waals surface area contributed by atoms with Gasteiger partial charge in [-0.15, -0.1) is 0 Å². The standard InChI is InChI=1S/C35H44FN9O3/c1-21-29(19-43-9-11-44(12-10-43)25-8-7-23(16-39-3)24(13-25)20-46)22(2)42-35(41-21)48-27-14-26-17-40-34(38)32(45(26)18-27)15-31(37)28-5-4-6-30(36)33(28)47/h4-8,13,15,20,26-27,39-40,47H,9-12,14,16-19,37-38H2,1-3H3/b31-15-. The van der Waals surface area contributed by atoms with Crippen molar-refractivity contribution in [2.45, 2.75) is 45.5 Å². The van der Waals surface area contributed by atoms with Crippen LogP contribution in [0, 0.1) is 19.7 Å². The number of fused-ring (bicyclic) bond motifs is 1. The quantitative estimate of drug-likeness (QED) is 0.203. The van der Waals surface area contributed by atoms with Crippen LogP contribution in [0.5, 0.6) is 11.8 Å². The Hall–Kier alpha value is -4.88. The fourth-order valence-electron chi connectivity index (χ4n) is 6.82. The molecule has 6 rings (SSSR count). The molecule has 2 unspecified atom stereocenters. The second kappa shape index (κ2) is 14.1. The van der Waals surface area contributed by atoms with Gasteiger partial charge in [0.15, 0.2) is 11.6 Å². The summed E-state index contributed by atoms with van der Waals surface area (Å²) < 4.78 is 20.3. The normalized spacial score (nSPS) is 20.1. The van der Waals surface area contributed by atoms with Crippen molar-refractivity contribution in [2.75, 3.05) is 51.2 Å². The molecule has 3 aliphatic rings. The highest BCUT2D eigenvalue weighted by atomic mass is 19.1. The molecule has 2 saturated heterocycles. The number of para-hydroxylation sites is 1. The molecule has 13 heteroatoms. The number of hydrogen-bond donors (Lipinski definition) is 5. The fourth-order valence-corrected chi connectivity index (χ4v) is 6.82. The maximum Gasteiger partial charge on any atom is 0.317 e. The number of halogens is 1. The van der Waals surface area contributed by atoms with Gasteiger partial charge in [0.25, 0.3) is 0 Å². The number of carbonyl (C=O) groups excluding carboxylic acids is 1. The molecule has 0 amide bonds. The van der Waals surface area contributed by atoms with E-state index in [0.717, 1.165) is 79.2 Å². The van der Waals surface area contributed by atoms with E-state index in [1.165, 1.54) is 12.1 Å². The van der Waals surface area contributed by atoms with Crippen molar-refractivity contribution in [3.63, 3.8) is 0 Å². The van der Waals surface area contributed by atoms with E-state index in [1.807, 2.05) is 33.0 Å². The van der Waals surface area contributed by atoms with Crippen molar-refractivity contribution in [3.05, 3.63) is 93.5 Å². The van der Waals surface area contributed by atoms with Crippen LogP contribution in [-0.2, 0) is 13.1 Å².